The van der Waals surface area contributed by atoms with Crippen LogP contribution in [0.5, 0.6) is 6.01 Å². The second-order valence-corrected chi connectivity index (χ2v) is 14.7. The molecule has 52 heavy (non-hydrogen) atoms. The van der Waals surface area contributed by atoms with E-state index in [9.17, 15) is 14.0 Å². The molecule has 274 valence electrons. The number of fused-ring (bicyclic) bond motifs is 7. The Morgan fingerprint density at radius 3 is 2.85 bits per heavy atom. The average molecular weight is 719 g/mol. The number of carbonyl (C=O) groups is 2. The topological polar surface area (TPSA) is 134 Å². The summed E-state index contributed by atoms with van der Waals surface area (Å²) in [6.07, 6.45) is 3.84. The number of alkyl halides is 1. The molecule has 3 atom stereocenters. The van der Waals surface area contributed by atoms with Crippen LogP contribution in [0.2, 0.25) is 0 Å². The molecule has 3 amide bonds. The third-order valence-electron chi connectivity index (χ3n) is 11.0. The number of carbonyl (C=O) groups excluding carboxylic acids is 2. The molecule has 7 heterocycles. The molecule has 0 saturated carbocycles. The molecule has 0 radical (unpaired) electrons. The first kappa shape index (κ1) is 34.2. The van der Waals surface area contributed by atoms with Gasteiger partial charge in [-0.15, -0.1) is 0 Å². The van der Waals surface area contributed by atoms with Gasteiger partial charge in [0.05, 0.1) is 23.1 Å². The molecule has 3 saturated heterocycles. The number of hydrogen-bond acceptors (Lipinski definition) is 9. The average Bonchev–Trinajstić information content (AvgIpc) is 3.64. The molecule has 9 rings (SSSR count). The zero-order chi connectivity index (χ0) is 36.2. The number of pyridine rings is 1. The Morgan fingerprint density at radius 1 is 1.15 bits per heavy atom. The Kier molecular flexibility index (Phi) is 8.71. The summed E-state index contributed by atoms with van der Waals surface area (Å²) >= 11 is 0. The molecule has 4 aromatic rings. The number of halogens is 3. The van der Waals surface area contributed by atoms with Crippen LogP contribution < -0.4 is 25.6 Å². The van der Waals surface area contributed by atoms with E-state index in [1.165, 1.54) is 19.3 Å². The van der Waals surface area contributed by atoms with Crippen molar-refractivity contribution in [1.82, 2.24) is 30.5 Å². The van der Waals surface area contributed by atoms with Gasteiger partial charge < -0.3 is 30.3 Å². The summed E-state index contributed by atoms with van der Waals surface area (Å²) in [7, 11) is 1.48. The number of benzene rings is 2. The Bertz CT molecular complexity index is 2090. The van der Waals surface area contributed by atoms with Crippen LogP contribution in [-0.2, 0) is 11.2 Å². The maximum atomic E-state index is 17.3. The van der Waals surface area contributed by atoms with Crippen molar-refractivity contribution in [2.75, 3.05) is 56.7 Å². The fourth-order valence-corrected chi connectivity index (χ4v) is 8.59. The molecule has 0 unspecified atom stereocenters. The number of aryl methyl sites for hydroxylation is 1. The maximum Gasteiger partial charge on any atom is 0.407 e. The van der Waals surface area contributed by atoms with Gasteiger partial charge in [-0.05, 0) is 86.5 Å². The number of rotatable bonds is 4. The van der Waals surface area contributed by atoms with Crippen LogP contribution in [0.4, 0.5) is 34.3 Å². The molecular weight excluding hydrogens is 677 g/mol. The molecule has 3 fully saturated rings. The van der Waals surface area contributed by atoms with Crippen LogP contribution in [0.3, 0.4) is 0 Å². The fraction of sp³-hybridized carbons (Fsp3) is 0.486. The van der Waals surface area contributed by atoms with Crippen molar-refractivity contribution in [3.8, 4) is 17.3 Å². The number of anilines is 2. The summed E-state index contributed by atoms with van der Waals surface area (Å²) in [5, 5.41) is 9.54. The number of aromatic nitrogens is 3. The highest BCUT2D eigenvalue weighted by atomic mass is 19.1. The third-order valence-corrected chi connectivity index (χ3v) is 11.0. The number of amides is 3. The van der Waals surface area contributed by atoms with E-state index >= 15 is 8.78 Å². The van der Waals surface area contributed by atoms with Crippen LogP contribution >= 0.6 is 0 Å². The van der Waals surface area contributed by atoms with Gasteiger partial charge in [-0.3, -0.25) is 9.88 Å². The molecule has 3 N–H and O–H groups in total. The Balaban J connectivity index is 1.32. The minimum absolute atomic E-state index is 0.0292. The van der Waals surface area contributed by atoms with Crippen LogP contribution in [0, 0.1) is 11.6 Å². The van der Waals surface area contributed by atoms with Crippen molar-refractivity contribution in [1.29, 1.82) is 0 Å². The highest BCUT2D eigenvalue weighted by Crippen LogP contribution is 2.42. The number of ether oxygens (including phenoxy) is 2. The van der Waals surface area contributed by atoms with E-state index in [1.807, 2.05) is 11.8 Å². The number of nitrogens with zero attached hydrogens (tertiary/aromatic N) is 5. The van der Waals surface area contributed by atoms with Crippen molar-refractivity contribution in [2.45, 2.75) is 69.1 Å². The molecule has 15 heteroatoms. The number of piperidine rings is 1. The summed E-state index contributed by atoms with van der Waals surface area (Å²) < 4.78 is 59.4. The molecule has 6 bridgehead atoms. The number of urea groups is 1. The highest BCUT2D eigenvalue weighted by molar-refractivity contribution is 6.04. The van der Waals surface area contributed by atoms with Gasteiger partial charge in [0.1, 0.15) is 35.6 Å². The van der Waals surface area contributed by atoms with Crippen LogP contribution in [0.1, 0.15) is 51.0 Å². The first-order chi connectivity index (χ1) is 25.0. The summed E-state index contributed by atoms with van der Waals surface area (Å²) in [5.41, 5.74) is -0.475. The van der Waals surface area contributed by atoms with E-state index in [0.717, 1.165) is 19.4 Å². The zero-order valence-electron chi connectivity index (χ0n) is 29.2. The van der Waals surface area contributed by atoms with Crippen LogP contribution in [-0.4, -0.2) is 95.7 Å². The van der Waals surface area contributed by atoms with Crippen LogP contribution in [0.25, 0.3) is 32.9 Å². The van der Waals surface area contributed by atoms with E-state index < -0.39 is 41.0 Å². The van der Waals surface area contributed by atoms with Gasteiger partial charge in [-0.25, -0.2) is 22.8 Å². The lowest BCUT2D eigenvalue weighted by atomic mass is 9.91. The Hall–Kier alpha value is -4.92. The quantitative estimate of drug-likeness (QED) is 0.237. The number of nitrogens with one attached hydrogen (secondary N) is 3. The van der Waals surface area contributed by atoms with E-state index in [0.29, 0.717) is 73.0 Å². The molecule has 2 aromatic carbocycles. The first-order valence-corrected chi connectivity index (χ1v) is 17.9. The van der Waals surface area contributed by atoms with Gasteiger partial charge in [0.25, 0.3) is 0 Å². The standard InChI is InChI=1S/C37H41F3N8O4/c1-36-9-4-11-47(19-36)32-26-17-42-30(29(40)31(26)44-34(45-32)52-20-37-10-5-12-48(37)18-22(38)16-37)25-15-23(43-33(49)41-2)14-21-7-8-27(39)24(28(21)25)6-3-13-51-35(50)46-36/h7-8,14-15,17,22H,3-6,9-13,16,18-20H2,1-2H3,(H,46,50)(H2,41,43,49)/t22-,36-,37+/m1/s1. The lowest BCUT2D eigenvalue weighted by Gasteiger charge is -2.41. The first-order valence-electron chi connectivity index (χ1n) is 17.9. The summed E-state index contributed by atoms with van der Waals surface area (Å²) in [6, 6.07) is 5.58. The molecule has 0 aliphatic carbocycles. The monoisotopic (exact) mass is 718 g/mol. The molecule has 2 aromatic heterocycles. The zero-order valence-corrected chi connectivity index (χ0v) is 29.2. The normalized spacial score (nSPS) is 24.8. The minimum Gasteiger partial charge on any atom is -0.461 e. The lowest BCUT2D eigenvalue weighted by Crippen LogP contribution is -2.57. The Morgan fingerprint density at radius 2 is 2.00 bits per heavy atom. The minimum atomic E-state index is -0.956. The number of alkyl carbamates (subject to hydrolysis) is 1. The fourth-order valence-electron chi connectivity index (χ4n) is 8.59. The largest absolute Gasteiger partial charge is 0.461 e. The van der Waals surface area contributed by atoms with Crippen molar-refractivity contribution >= 4 is 45.3 Å². The molecular formula is C37H41F3N8O4. The summed E-state index contributed by atoms with van der Waals surface area (Å²) in [4.78, 5) is 43.6. The van der Waals surface area contributed by atoms with E-state index in [4.69, 9.17) is 14.5 Å². The van der Waals surface area contributed by atoms with Crippen molar-refractivity contribution in [2.24, 2.45) is 0 Å². The van der Waals surface area contributed by atoms with Gasteiger partial charge in [0, 0.05) is 50.6 Å². The molecule has 0 spiro atoms. The van der Waals surface area contributed by atoms with Crippen molar-refractivity contribution < 1.29 is 32.2 Å². The molecule has 12 nitrogen and oxygen atoms in total. The molecule has 5 aliphatic heterocycles. The van der Waals surface area contributed by atoms with E-state index in [-0.39, 0.29) is 48.0 Å². The highest BCUT2D eigenvalue weighted by Gasteiger charge is 2.49. The second-order valence-electron chi connectivity index (χ2n) is 14.7. The Labute approximate surface area is 298 Å². The maximum absolute atomic E-state index is 17.3. The predicted octanol–water partition coefficient (Wildman–Crippen LogP) is 5.86. The van der Waals surface area contributed by atoms with Gasteiger partial charge in [0.15, 0.2) is 5.82 Å². The predicted molar refractivity (Wildman–Crippen MR) is 189 cm³/mol. The van der Waals surface area contributed by atoms with Gasteiger partial charge in [0.2, 0.25) is 0 Å². The smallest absolute Gasteiger partial charge is 0.407 e. The van der Waals surface area contributed by atoms with Gasteiger partial charge in [-0.2, -0.15) is 9.97 Å². The van der Waals surface area contributed by atoms with Crippen molar-refractivity contribution in [3.63, 3.8) is 0 Å². The molecule has 5 aliphatic rings. The van der Waals surface area contributed by atoms with Crippen molar-refractivity contribution in [3.05, 3.63) is 47.7 Å². The van der Waals surface area contributed by atoms with E-state index in [2.05, 4.69) is 30.8 Å². The summed E-state index contributed by atoms with van der Waals surface area (Å²) in [6.45, 7) is 4.12. The second kappa shape index (κ2) is 13.2. The number of hydrogen-bond donors (Lipinski definition) is 3. The van der Waals surface area contributed by atoms with Crippen LogP contribution in [0.15, 0.2) is 30.5 Å². The van der Waals surface area contributed by atoms with E-state index in [1.54, 1.807) is 18.2 Å². The lowest BCUT2D eigenvalue weighted by molar-refractivity contribution is 0.107. The van der Waals surface area contributed by atoms with Gasteiger partial charge in [-0.1, -0.05) is 6.07 Å². The van der Waals surface area contributed by atoms with Gasteiger partial charge >= 0.3 is 18.1 Å². The third kappa shape index (κ3) is 6.18. The SMILES string of the molecule is CNC(=O)Nc1cc2c3c(c(F)ccc3c1)CCCOC(=O)N[C@]1(C)CCCN(C1)c1nc(OC[C@@]34CCCN3C[C@H](F)C4)nc3c(F)c-2ncc13. The summed E-state index contributed by atoms with van der Waals surface area (Å²) in [5.74, 6) is -0.905.